The van der Waals surface area contributed by atoms with E-state index >= 15 is 0 Å². The number of aromatic carboxylic acids is 1. The molecule has 0 radical (unpaired) electrons. The number of aromatic hydroxyl groups is 1. The molecule has 0 saturated heterocycles. The molecule has 0 spiro atoms. The lowest BCUT2D eigenvalue weighted by atomic mass is 10.1. The van der Waals surface area contributed by atoms with Gasteiger partial charge in [-0.15, -0.1) is 0 Å². The molecule has 0 aliphatic heterocycles. The van der Waals surface area contributed by atoms with Crippen LogP contribution in [0.2, 0.25) is 0 Å². The number of carboxylic acids is 1. The molecule has 3 aromatic rings. The van der Waals surface area contributed by atoms with E-state index in [1.807, 2.05) is 36.4 Å². The van der Waals surface area contributed by atoms with E-state index in [0.29, 0.717) is 17.9 Å². The van der Waals surface area contributed by atoms with Crippen LogP contribution in [0.25, 0.3) is 11.3 Å². The van der Waals surface area contributed by atoms with Gasteiger partial charge in [-0.1, -0.05) is 30.3 Å². The van der Waals surface area contributed by atoms with Gasteiger partial charge in [0.2, 0.25) is 0 Å². The number of carbonyl (C=O) groups is 1. The summed E-state index contributed by atoms with van der Waals surface area (Å²) in [4.78, 5) is 11.1. The molecule has 6 N–H and O–H groups in total. The van der Waals surface area contributed by atoms with Gasteiger partial charge in [-0.2, -0.15) is 0 Å². The van der Waals surface area contributed by atoms with E-state index in [1.165, 1.54) is 17.7 Å². The third-order valence-corrected chi connectivity index (χ3v) is 3.64. The van der Waals surface area contributed by atoms with Crippen LogP contribution in [0.3, 0.4) is 0 Å². The number of hydrogen-bond donors (Lipinski definition) is 4. The van der Waals surface area contributed by atoms with E-state index in [2.05, 4.69) is 5.32 Å². The molecule has 0 unspecified atom stereocenters. The Hall–Kier alpha value is -3.09. The number of nitrogens with one attached hydrogen (secondary N) is 1. The fourth-order valence-corrected chi connectivity index (χ4v) is 2.41. The van der Waals surface area contributed by atoms with Crippen molar-refractivity contribution in [3.05, 3.63) is 77.6 Å². The topological polar surface area (TPSA) is 118 Å². The van der Waals surface area contributed by atoms with Crippen molar-refractivity contribution in [2.24, 2.45) is 0 Å². The van der Waals surface area contributed by atoms with Crippen molar-refractivity contribution < 1.29 is 19.4 Å². The molecule has 0 aliphatic carbocycles. The maximum atomic E-state index is 11.1. The monoisotopic (exact) mass is 340 g/mol. The minimum atomic E-state index is -1.18. The quantitative estimate of drug-likeness (QED) is 0.542. The summed E-state index contributed by atoms with van der Waals surface area (Å²) in [7, 11) is 0. The third-order valence-electron chi connectivity index (χ3n) is 3.64. The molecular weight excluding hydrogens is 320 g/mol. The molecule has 3 rings (SSSR count). The summed E-state index contributed by atoms with van der Waals surface area (Å²) in [6.45, 7) is 1.30. The molecule has 0 bridgehead atoms. The van der Waals surface area contributed by atoms with Gasteiger partial charge in [-0.05, 0) is 35.9 Å². The van der Waals surface area contributed by atoms with Crippen LogP contribution >= 0.6 is 0 Å². The van der Waals surface area contributed by atoms with Gasteiger partial charge in [0, 0.05) is 12.1 Å². The van der Waals surface area contributed by atoms with Crippen molar-refractivity contribution in [3.8, 4) is 17.1 Å². The number of furan rings is 1. The zero-order valence-corrected chi connectivity index (χ0v) is 13.6. The van der Waals surface area contributed by atoms with E-state index in [0.717, 1.165) is 12.3 Å². The van der Waals surface area contributed by atoms with Crippen LogP contribution in [-0.2, 0) is 13.1 Å². The highest BCUT2D eigenvalue weighted by Gasteiger charge is 2.13. The predicted octanol–water partition coefficient (Wildman–Crippen LogP) is 3.80. The maximum Gasteiger partial charge on any atom is 0.339 e. The van der Waals surface area contributed by atoms with Gasteiger partial charge in [0.25, 0.3) is 0 Å². The van der Waals surface area contributed by atoms with Crippen molar-refractivity contribution in [3.63, 3.8) is 0 Å². The van der Waals surface area contributed by atoms with E-state index in [9.17, 15) is 9.90 Å². The predicted molar refractivity (Wildman–Crippen MR) is 94.8 cm³/mol. The fourth-order valence-electron chi connectivity index (χ4n) is 2.41. The second-order valence-corrected chi connectivity index (χ2v) is 5.39. The first-order valence-electron chi connectivity index (χ1n) is 7.53. The molecule has 0 aliphatic rings. The molecule has 0 saturated carbocycles. The van der Waals surface area contributed by atoms with Crippen molar-refractivity contribution in [1.29, 1.82) is 0 Å². The molecule has 6 nitrogen and oxygen atoms in total. The van der Waals surface area contributed by atoms with Gasteiger partial charge in [0.15, 0.2) is 0 Å². The Morgan fingerprint density at radius 1 is 1.00 bits per heavy atom. The van der Waals surface area contributed by atoms with Gasteiger partial charge in [-0.25, -0.2) is 4.79 Å². The normalized spacial score (nSPS) is 10.2. The molecule has 25 heavy (non-hydrogen) atoms. The fraction of sp³-hybridized carbons (Fsp3) is 0.105. The van der Waals surface area contributed by atoms with Crippen LogP contribution in [-0.4, -0.2) is 16.2 Å². The summed E-state index contributed by atoms with van der Waals surface area (Å²) in [5.41, 5.74) is 1.65. The Kier molecular flexibility index (Phi) is 5.94. The first-order valence-corrected chi connectivity index (χ1v) is 7.53. The van der Waals surface area contributed by atoms with Crippen LogP contribution in [0.1, 0.15) is 21.7 Å². The van der Waals surface area contributed by atoms with Gasteiger partial charge in [0.1, 0.15) is 22.8 Å². The van der Waals surface area contributed by atoms with E-state index in [1.54, 1.807) is 12.1 Å². The lowest BCUT2D eigenvalue weighted by Crippen LogP contribution is -2.11. The molecule has 0 atom stereocenters. The van der Waals surface area contributed by atoms with Crippen LogP contribution in [0.5, 0.6) is 5.75 Å². The first-order chi connectivity index (χ1) is 11.6. The summed E-state index contributed by atoms with van der Waals surface area (Å²) in [5, 5.41) is 21.9. The Labute approximate surface area is 145 Å². The molecule has 6 heteroatoms. The highest BCUT2D eigenvalue weighted by Crippen LogP contribution is 2.27. The molecular formula is C19H20N2O4. The number of carboxylic acid groups (broad SMARTS) is 1. The SMILES string of the molecule is N.O=C(O)c1cc(-c2ccc(CNCc3ccccc3)o2)ccc1O. The number of benzene rings is 2. The highest BCUT2D eigenvalue weighted by molar-refractivity contribution is 5.92. The zero-order valence-electron chi connectivity index (χ0n) is 13.6. The van der Waals surface area contributed by atoms with E-state index in [-0.39, 0.29) is 17.5 Å². The van der Waals surface area contributed by atoms with Crippen molar-refractivity contribution in [2.45, 2.75) is 13.1 Å². The lowest BCUT2D eigenvalue weighted by Gasteiger charge is -2.04. The van der Waals surface area contributed by atoms with Gasteiger partial charge >= 0.3 is 5.97 Å². The second kappa shape index (κ2) is 8.14. The van der Waals surface area contributed by atoms with E-state index < -0.39 is 5.97 Å². The minimum Gasteiger partial charge on any atom is -0.507 e. The van der Waals surface area contributed by atoms with Crippen LogP contribution in [0.15, 0.2) is 65.1 Å². The largest absolute Gasteiger partial charge is 0.507 e. The smallest absolute Gasteiger partial charge is 0.339 e. The highest BCUT2D eigenvalue weighted by atomic mass is 16.4. The number of phenols is 1. The van der Waals surface area contributed by atoms with E-state index in [4.69, 9.17) is 9.52 Å². The van der Waals surface area contributed by atoms with Crippen LogP contribution in [0, 0.1) is 0 Å². The summed E-state index contributed by atoms with van der Waals surface area (Å²) < 4.78 is 5.75. The molecule has 1 heterocycles. The van der Waals surface area contributed by atoms with Crippen LogP contribution in [0.4, 0.5) is 0 Å². The average Bonchev–Trinajstić information content (AvgIpc) is 3.05. The van der Waals surface area contributed by atoms with Gasteiger partial charge in [0.05, 0.1) is 6.54 Å². The average molecular weight is 340 g/mol. The molecule has 0 amide bonds. The van der Waals surface area contributed by atoms with Crippen LogP contribution < -0.4 is 11.5 Å². The summed E-state index contributed by atoms with van der Waals surface area (Å²) >= 11 is 0. The van der Waals surface area contributed by atoms with Gasteiger partial charge < -0.3 is 26.1 Å². The summed E-state index contributed by atoms with van der Waals surface area (Å²) in [5.74, 6) is -0.117. The zero-order chi connectivity index (χ0) is 16.9. The Morgan fingerprint density at radius 2 is 1.76 bits per heavy atom. The Balaban J connectivity index is 0.00000225. The maximum absolute atomic E-state index is 11.1. The second-order valence-electron chi connectivity index (χ2n) is 5.39. The molecule has 1 aromatic heterocycles. The number of hydrogen-bond acceptors (Lipinski definition) is 5. The van der Waals surface area contributed by atoms with Crippen molar-refractivity contribution >= 4 is 5.97 Å². The molecule has 0 fully saturated rings. The lowest BCUT2D eigenvalue weighted by molar-refractivity contribution is 0.0694. The molecule has 130 valence electrons. The van der Waals surface area contributed by atoms with Crippen molar-refractivity contribution in [2.75, 3.05) is 0 Å². The Morgan fingerprint density at radius 3 is 2.48 bits per heavy atom. The summed E-state index contributed by atoms with van der Waals surface area (Å²) in [6, 6.07) is 18.1. The first kappa shape index (κ1) is 18.3. The standard InChI is InChI=1S/C19H17NO4.H3N/c21-17-8-6-14(10-16(17)19(22)23)18-9-7-15(24-18)12-20-11-13-4-2-1-3-5-13;/h1-10,20-21H,11-12H2,(H,22,23);1H3. The van der Waals surface area contributed by atoms with Gasteiger partial charge in [-0.3, -0.25) is 0 Å². The minimum absolute atomic E-state index is 0. The van der Waals surface area contributed by atoms with Crippen molar-refractivity contribution in [1.82, 2.24) is 11.5 Å². The molecule has 2 aromatic carbocycles. The third kappa shape index (κ3) is 4.47. The number of rotatable bonds is 6. The summed E-state index contributed by atoms with van der Waals surface area (Å²) in [6.07, 6.45) is 0. The Bertz CT molecular complexity index is 844.